The molecule has 2 aromatic heterocycles. The molecule has 5 heteroatoms. The monoisotopic (exact) mass is 254 g/mol. The highest BCUT2D eigenvalue weighted by atomic mass is 79.9. The Bertz CT molecular complexity index is 493. The molecular weight excluding hydrogens is 248 g/mol. The summed E-state index contributed by atoms with van der Waals surface area (Å²) < 4.78 is 7.15. The molecule has 0 aliphatic heterocycles. The number of hydrogen-bond donors (Lipinski definition) is 0. The number of nitrogens with zero attached hydrogens (tertiary/aromatic N) is 2. The quantitative estimate of drug-likeness (QED) is 0.731. The number of imidazole rings is 1. The number of fused-ring (bicyclic) bond motifs is 1. The summed E-state index contributed by atoms with van der Waals surface area (Å²) in [6, 6.07) is 3.41. The Morgan fingerprint density at radius 3 is 3.14 bits per heavy atom. The molecule has 72 valence electrons. The summed E-state index contributed by atoms with van der Waals surface area (Å²) in [5.41, 5.74) is 1.36. The molecule has 2 rings (SSSR count). The lowest BCUT2D eigenvalue weighted by Gasteiger charge is -1.99. The summed E-state index contributed by atoms with van der Waals surface area (Å²) in [5.74, 6) is -0.347. The van der Waals surface area contributed by atoms with E-state index in [9.17, 15) is 4.79 Å². The minimum atomic E-state index is -0.347. The lowest BCUT2D eigenvalue weighted by molar-refractivity contribution is 0.0601. The maximum absolute atomic E-state index is 11.2. The second-order valence-electron chi connectivity index (χ2n) is 2.73. The van der Waals surface area contributed by atoms with Gasteiger partial charge in [-0.3, -0.25) is 0 Å². The predicted octanol–water partition coefficient (Wildman–Crippen LogP) is 1.88. The average molecular weight is 255 g/mol. The first-order valence-electron chi connectivity index (χ1n) is 3.93. The van der Waals surface area contributed by atoms with Gasteiger partial charge in [0.2, 0.25) is 0 Å². The van der Waals surface area contributed by atoms with Gasteiger partial charge >= 0.3 is 5.97 Å². The van der Waals surface area contributed by atoms with Gasteiger partial charge in [-0.1, -0.05) is 0 Å². The van der Waals surface area contributed by atoms with Crippen LogP contribution in [0.5, 0.6) is 0 Å². The number of ether oxygens (including phenoxy) is 1. The molecule has 0 spiro atoms. The molecule has 2 aromatic rings. The van der Waals surface area contributed by atoms with Gasteiger partial charge in [0.15, 0.2) is 0 Å². The molecule has 2 heterocycles. The fourth-order valence-corrected chi connectivity index (χ4v) is 1.61. The number of esters is 1. The largest absolute Gasteiger partial charge is 0.465 e. The van der Waals surface area contributed by atoms with Gasteiger partial charge in [-0.15, -0.1) is 0 Å². The normalized spacial score (nSPS) is 10.4. The first-order valence-corrected chi connectivity index (χ1v) is 4.72. The van der Waals surface area contributed by atoms with E-state index in [2.05, 4.69) is 25.7 Å². The van der Waals surface area contributed by atoms with Crippen molar-refractivity contribution in [2.75, 3.05) is 7.11 Å². The Hall–Kier alpha value is -1.36. The highest BCUT2D eigenvalue weighted by Crippen LogP contribution is 2.17. The first kappa shape index (κ1) is 9.21. The van der Waals surface area contributed by atoms with Crippen molar-refractivity contribution in [2.45, 2.75) is 0 Å². The number of pyridine rings is 1. The van der Waals surface area contributed by atoms with Crippen LogP contribution in [0, 0.1) is 0 Å². The second-order valence-corrected chi connectivity index (χ2v) is 3.49. The van der Waals surface area contributed by atoms with Crippen LogP contribution in [0.15, 0.2) is 29.3 Å². The third kappa shape index (κ3) is 1.39. The zero-order valence-electron chi connectivity index (χ0n) is 7.40. The van der Waals surface area contributed by atoms with E-state index in [-0.39, 0.29) is 5.97 Å². The van der Waals surface area contributed by atoms with Crippen molar-refractivity contribution in [3.05, 3.63) is 34.8 Å². The molecular formula is C9H7BrN2O2. The summed E-state index contributed by atoms with van der Waals surface area (Å²) in [6.07, 6.45) is 3.43. The first-order chi connectivity index (χ1) is 6.72. The van der Waals surface area contributed by atoms with Crippen molar-refractivity contribution in [2.24, 2.45) is 0 Å². The highest BCUT2D eigenvalue weighted by Gasteiger charge is 2.07. The molecule has 0 bridgehead atoms. The van der Waals surface area contributed by atoms with Crippen LogP contribution < -0.4 is 0 Å². The molecule has 0 fully saturated rings. The van der Waals surface area contributed by atoms with Gasteiger partial charge in [0, 0.05) is 6.20 Å². The Kier molecular flexibility index (Phi) is 2.25. The van der Waals surface area contributed by atoms with Crippen LogP contribution in [0.2, 0.25) is 0 Å². The molecule has 14 heavy (non-hydrogen) atoms. The van der Waals surface area contributed by atoms with E-state index >= 15 is 0 Å². The van der Waals surface area contributed by atoms with Gasteiger partial charge in [-0.25, -0.2) is 9.78 Å². The number of carbonyl (C=O) groups excluding carboxylic acids is 1. The third-order valence-corrected chi connectivity index (χ3v) is 2.52. The molecule has 0 amide bonds. The summed E-state index contributed by atoms with van der Waals surface area (Å²) >= 11 is 3.29. The van der Waals surface area contributed by atoms with E-state index in [4.69, 9.17) is 0 Å². The van der Waals surface area contributed by atoms with Crippen molar-refractivity contribution in [3.8, 4) is 0 Å². The number of rotatable bonds is 1. The molecule has 0 radical (unpaired) electrons. The molecule has 0 N–H and O–H groups in total. The highest BCUT2D eigenvalue weighted by molar-refractivity contribution is 9.10. The Morgan fingerprint density at radius 2 is 2.43 bits per heavy atom. The van der Waals surface area contributed by atoms with E-state index in [1.807, 2.05) is 4.40 Å². The fourth-order valence-electron chi connectivity index (χ4n) is 1.20. The SMILES string of the molecule is COC(=O)c1ccn2cnc(Br)c2c1. The van der Waals surface area contributed by atoms with Gasteiger partial charge in [0.05, 0.1) is 18.2 Å². The van der Waals surface area contributed by atoms with Gasteiger partial charge in [0.25, 0.3) is 0 Å². The number of halogens is 1. The molecule has 0 aliphatic rings. The molecule has 0 aliphatic carbocycles. The summed E-state index contributed by atoms with van der Waals surface area (Å²) in [4.78, 5) is 15.3. The van der Waals surface area contributed by atoms with Gasteiger partial charge in [0.1, 0.15) is 10.9 Å². The van der Waals surface area contributed by atoms with E-state index in [1.54, 1.807) is 24.7 Å². The van der Waals surface area contributed by atoms with Crippen LogP contribution in [-0.4, -0.2) is 22.5 Å². The summed E-state index contributed by atoms with van der Waals surface area (Å²) in [6.45, 7) is 0. The standard InChI is InChI=1S/C9H7BrN2O2/c1-14-9(13)6-2-3-12-5-11-8(10)7(12)4-6/h2-5H,1H3. The maximum Gasteiger partial charge on any atom is 0.337 e. The van der Waals surface area contributed by atoms with Crippen LogP contribution in [0.25, 0.3) is 5.52 Å². The Labute approximate surface area is 88.6 Å². The van der Waals surface area contributed by atoms with Crippen molar-refractivity contribution in [3.63, 3.8) is 0 Å². The van der Waals surface area contributed by atoms with Crippen LogP contribution in [0.4, 0.5) is 0 Å². The molecule has 0 atom stereocenters. The zero-order chi connectivity index (χ0) is 10.1. The van der Waals surface area contributed by atoms with Crippen LogP contribution in [0.1, 0.15) is 10.4 Å². The lowest BCUT2D eigenvalue weighted by atomic mass is 10.2. The van der Waals surface area contributed by atoms with E-state index in [1.165, 1.54) is 7.11 Å². The van der Waals surface area contributed by atoms with Gasteiger partial charge in [-0.2, -0.15) is 0 Å². The van der Waals surface area contributed by atoms with Crippen molar-refractivity contribution in [1.82, 2.24) is 9.38 Å². The average Bonchev–Trinajstić information content (AvgIpc) is 2.59. The van der Waals surface area contributed by atoms with E-state index < -0.39 is 0 Å². The van der Waals surface area contributed by atoms with Gasteiger partial charge in [-0.05, 0) is 28.1 Å². The second kappa shape index (κ2) is 3.42. The predicted molar refractivity (Wildman–Crippen MR) is 54.2 cm³/mol. The zero-order valence-corrected chi connectivity index (χ0v) is 8.98. The van der Waals surface area contributed by atoms with Crippen molar-refractivity contribution in [1.29, 1.82) is 0 Å². The third-order valence-electron chi connectivity index (χ3n) is 1.91. The number of aromatic nitrogens is 2. The Balaban J connectivity index is 2.60. The molecule has 0 aromatic carbocycles. The smallest absolute Gasteiger partial charge is 0.337 e. The topological polar surface area (TPSA) is 43.6 Å². The fraction of sp³-hybridized carbons (Fsp3) is 0.111. The van der Waals surface area contributed by atoms with Crippen molar-refractivity contribution < 1.29 is 9.53 Å². The molecule has 0 saturated carbocycles. The van der Waals surface area contributed by atoms with E-state index in [0.29, 0.717) is 10.2 Å². The minimum Gasteiger partial charge on any atom is -0.465 e. The molecule has 0 unspecified atom stereocenters. The van der Waals surface area contributed by atoms with E-state index in [0.717, 1.165) is 5.52 Å². The van der Waals surface area contributed by atoms with Crippen molar-refractivity contribution >= 4 is 27.4 Å². The Morgan fingerprint density at radius 1 is 1.64 bits per heavy atom. The number of hydrogen-bond acceptors (Lipinski definition) is 3. The number of methoxy groups -OCH3 is 1. The number of carbonyl (C=O) groups is 1. The minimum absolute atomic E-state index is 0.347. The van der Waals surface area contributed by atoms with Crippen LogP contribution >= 0.6 is 15.9 Å². The van der Waals surface area contributed by atoms with Crippen LogP contribution in [0.3, 0.4) is 0 Å². The summed E-state index contributed by atoms with van der Waals surface area (Å²) in [5, 5.41) is 0. The maximum atomic E-state index is 11.2. The van der Waals surface area contributed by atoms with Gasteiger partial charge < -0.3 is 9.14 Å². The lowest BCUT2D eigenvalue weighted by Crippen LogP contribution is -2.01. The molecule has 0 saturated heterocycles. The van der Waals surface area contributed by atoms with Crippen LogP contribution in [-0.2, 0) is 4.74 Å². The molecule has 4 nitrogen and oxygen atoms in total. The summed E-state index contributed by atoms with van der Waals surface area (Å²) in [7, 11) is 1.36.